The van der Waals surface area contributed by atoms with Crippen LogP contribution in [0.25, 0.3) is 101 Å². The van der Waals surface area contributed by atoms with Crippen LogP contribution in [0.4, 0.5) is 0 Å². The fourth-order valence-corrected chi connectivity index (χ4v) is 7.39. The molecule has 12 heterocycles. The maximum atomic E-state index is 4.68. The molecule has 0 unspecified atom stereocenters. The highest BCUT2D eigenvalue weighted by Gasteiger charge is 2.16. The van der Waals surface area contributed by atoms with Gasteiger partial charge >= 0.3 is 0 Å². The predicted molar refractivity (Wildman–Crippen MR) is 255 cm³/mol. The van der Waals surface area contributed by atoms with Crippen LogP contribution in [-0.4, -0.2) is 75.4 Å². The summed E-state index contributed by atoms with van der Waals surface area (Å²) in [6.45, 7) is 5.92. The number of aromatic amines is 3. The van der Waals surface area contributed by atoms with Crippen molar-refractivity contribution < 1.29 is 0 Å². The van der Waals surface area contributed by atoms with Crippen LogP contribution in [-0.2, 0) is 0 Å². The second-order valence-electron chi connectivity index (χ2n) is 15.2. The molecule has 0 aliphatic carbocycles. The highest BCUT2D eigenvalue weighted by molar-refractivity contribution is 5.85. The quantitative estimate of drug-likeness (QED) is 0.143. The second kappa shape index (κ2) is 18.2. The van der Waals surface area contributed by atoms with Crippen molar-refractivity contribution in [3.05, 3.63) is 182 Å². The molecular formula is C51H39N15. The Labute approximate surface area is 377 Å². The van der Waals surface area contributed by atoms with E-state index in [1.54, 1.807) is 37.2 Å². The molecule has 0 saturated carbocycles. The van der Waals surface area contributed by atoms with Gasteiger partial charge in [-0.3, -0.25) is 45.2 Å². The Bertz CT molecular complexity index is 3250. The average Bonchev–Trinajstić information content (AvgIpc) is 4.17. The molecule has 0 spiro atoms. The number of pyridine rings is 9. The van der Waals surface area contributed by atoms with Crippen LogP contribution in [0, 0.1) is 20.8 Å². The minimum absolute atomic E-state index is 0.854. The van der Waals surface area contributed by atoms with Crippen molar-refractivity contribution in [2.45, 2.75) is 20.8 Å². The van der Waals surface area contributed by atoms with E-state index >= 15 is 0 Å². The molecule has 12 aromatic rings. The molecular weight excluding hydrogens is 823 g/mol. The molecule has 15 nitrogen and oxygen atoms in total. The molecule has 0 aromatic carbocycles. The van der Waals surface area contributed by atoms with Gasteiger partial charge in [0.1, 0.15) is 0 Å². The van der Waals surface area contributed by atoms with Gasteiger partial charge in [0, 0.05) is 52.4 Å². The van der Waals surface area contributed by atoms with E-state index in [0.717, 1.165) is 118 Å². The number of H-pyrrole nitrogens is 3. The molecule has 15 heteroatoms. The summed E-state index contributed by atoms with van der Waals surface area (Å²) in [5, 5.41) is 21.6. The summed E-state index contributed by atoms with van der Waals surface area (Å²) in [5.41, 5.74) is 18.7. The van der Waals surface area contributed by atoms with E-state index in [1.165, 1.54) is 0 Å². The zero-order valence-electron chi connectivity index (χ0n) is 36.0. The van der Waals surface area contributed by atoms with E-state index in [0.29, 0.717) is 0 Å². The Balaban J connectivity index is 0.000000116. The minimum Gasteiger partial charge on any atom is -0.276 e. The zero-order valence-corrected chi connectivity index (χ0v) is 36.0. The summed E-state index contributed by atoms with van der Waals surface area (Å²) in [5.74, 6) is 0. The summed E-state index contributed by atoms with van der Waals surface area (Å²) in [4.78, 5) is 40.6. The first-order valence-electron chi connectivity index (χ1n) is 21.0. The first-order valence-corrected chi connectivity index (χ1v) is 21.0. The van der Waals surface area contributed by atoms with Crippen LogP contribution in [0.2, 0.25) is 0 Å². The second-order valence-corrected chi connectivity index (χ2v) is 15.2. The Morgan fingerprint density at radius 1 is 0.288 bits per heavy atom. The van der Waals surface area contributed by atoms with Gasteiger partial charge in [0.25, 0.3) is 0 Å². The number of hydrogen-bond donors (Lipinski definition) is 3. The molecule has 3 N–H and O–H groups in total. The lowest BCUT2D eigenvalue weighted by Gasteiger charge is -2.04. The summed E-state index contributed by atoms with van der Waals surface area (Å²) < 4.78 is 0. The summed E-state index contributed by atoms with van der Waals surface area (Å²) >= 11 is 0. The van der Waals surface area contributed by atoms with Crippen molar-refractivity contribution >= 4 is 33.1 Å². The maximum absolute atomic E-state index is 4.68. The molecule has 0 saturated heterocycles. The Hall–Kier alpha value is -9.24. The third-order valence-corrected chi connectivity index (χ3v) is 10.5. The standard InChI is InChI=1S/3C17H13N5/c3*1-11-4-2-5-16(20-11)17-12(10-19-22-17)13-7-8-14-15(21-13)6-3-9-18-14/h3*2-10H,1H3,(H,19,22). The molecule has 0 bridgehead atoms. The van der Waals surface area contributed by atoms with E-state index in [9.17, 15) is 0 Å². The number of nitrogens with one attached hydrogen (secondary N) is 3. The van der Waals surface area contributed by atoms with Crippen LogP contribution >= 0.6 is 0 Å². The Morgan fingerprint density at radius 2 is 0.606 bits per heavy atom. The molecule has 66 heavy (non-hydrogen) atoms. The fraction of sp³-hybridized carbons (Fsp3) is 0.0588. The van der Waals surface area contributed by atoms with E-state index < -0.39 is 0 Å². The van der Waals surface area contributed by atoms with Gasteiger partial charge in [0.15, 0.2) is 0 Å². The topological polar surface area (TPSA) is 202 Å². The van der Waals surface area contributed by atoms with E-state index in [4.69, 9.17) is 0 Å². The average molecular weight is 862 g/mol. The first kappa shape index (κ1) is 40.8. The molecule has 0 radical (unpaired) electrons. The van der Waals surface area contributed by atoms with Crippen molar-refractivity contribution in [2.75, 3.05) is 0 Å². The Morgan fingerprint density at radius 3 is 0.909 bits per heavy atom. The highest BCUT2D eigenvalue weighted by atomic mass is 15.1. The van der Waals surface area contributed by atoms with Crippen LogP contribution < -0.4 is 0 Å². The van der Waals surface area contributed by atoms with E-state index in [-0.39, 0.29) is 0 Å². The van der Waals surface area contributed by atoms with Gasteiger partial charge in [0.05, 0.1) is 103 Å². The van der Waals surface area contributed by atoms with Gasteiger partial charge < -0.3 is 0 Å². The maximum Gasteiger partial charge on any atom is 0.0928 e. The smallest absolute Gasteiger partial charge is 0.0928 e. The monoisotopic (exact) mass is 861 g/mol. The molecule has 0 amide bonds. The van der Waals surface area contributed by atoms with Crippen LogP contribution in [0.3, 0.4) is 0 Å². The molecule has 0 aliphatic heterocycles. The molecule has 12 aromatic heterocycles. The number of aryl methyl sites for hydroxylation is 3. The number of hydrogen-bond acceptors (Lipinski definition) is 12. The SMILES string of the molecule is Cc1cccc(-c2[nH]ncc2-c2ccc3ncccc3n2)n1.Cc1cccc(-c2[nH]ncc2-c2ccc3ncccc3n2)n1.Cc1cccc(-c2[nH]ncc2-c2ccc3ncccc3n2)n1. The lowest BCUT2D eigenvalue weighted by Crippen LogP contribution is -1.91. The summed E-state index contributed by atoms with van der Waals surface area (Å²) in [6.07, 6.45) is 10.6. The van der Waals surface area contributed by atoms with Crippen molar-refractivity contribution in [3.63, 3.8) is 0 Å². The molecule has 0 atom stereocenters. The third-order valence-electron chi connectivity index (χ3n) is 10.5. The third kappa shape index (κ3) is 8.71. The van der Waals surface area contributed by atoms with Crippen molar-refractivity contribution in [1.82, 2.24) is 75.4 Å². The van der Waals surface area contributed by atoms with Gasteiger partial charge in [-0.1, -0.05) is 18.2 Å². The lowest BCUT2D eigenvalue weighted by molar-refractivity contribution is 1.08. The number of aromatic nitrogens is 15. The van der Waals surface area contributed by atoms with Gasteiger partial charge in [-0.25, -0.2) is 15.0 Å². The number of rotatable bonds is 6. The van der Waals surface area contributed by atoms with Crippen LogP contribution in [0.1, 0.15) is 17.1 Å². The fourth-order valence-electron chi connectivity index (χ4n) is 7.39. The van der Waals surface area contributed by atoms with Gasteiger partial charge in [0.2, 0.25) is 0 Å². The van der Waals surface area contributed by atoms with Crippen LogP contribution in [0.5, 0.6) is 0 Å². The minimum atomic E-state index is 0.854. The Kier molecular flexibility index (Phi) is 11.3. The van der Waals surface area contributed by atoms with E-state index in [1.807, 2.05) is 148 Å². The van der Waals surface area contributed by atoms with Crippen molar-refractivity contribution in [1.29, 1.82) is 0 Å². The molecule has 0 fully saturated rings. The lowest BCUT2D eigenvalue weighted by atomic mass is 10.1. The molecule has 0 aliphatic rings. The predicted octanol–water partition coefficient (Wildman–Crippen LogP) is 10.2. The summed E-state index contributed by atoms with van der Waals surface area (Å²) in [7, 11) is 0. The normalized spacial score (nSPS) is 11.0. The zero-order chi connectivity index (χ0) is 44.8. The van der Waals surface area contributed by atoms with Crippen molar-refractivity contribution in [3.8, 4) is 67.9 Å². The summed E-state index contributed by atoms with van der Waals surface area (Å²) in [6, 6.07) is 41.1. The van der Waals surface area contributed by atoms with Gasteiger partial charge in [-0.2, -0.15) is 15.3 Å². The highest BCUT2D eigenvalue weighted by Crippen LogP contribution is 2.31. The van der Waals surface area contributed by atoms with Gasteiger partial charge in [-0.05, 0) is 130 Å². The molecule has 12 rings (SSSR count). The van der Waals surface area contributed by atoms with E-state index in [2.05, 4.69) is 75.4 Å². The first-order chi connectivity index (χ1) is 32.4. The van der Waals surface area contributed by atoms with Crippen molar-refractivity contribution in [2.24, 2.45) is 0 Å². The number of fused-ring (bicyclic) bond motifs is 3. The number of nitrogens with zero attached hydrogens (tertiary/aromatic N) is 12. The molecule has 318 valence electrons. The van der Waals surface area contributed by atoms with Gasteiger partial charge in [-0.15, -0.1) is 0 Å². The van der Waals surface area contributed by atoms with Crippen LogP contribution in [0.15, 0.2) is 165 Å². The largest absolute Gasteiger partial charge is 0.276 e.